The molecule has 26 heavy (non-hydrogen) atoms. The summed E-state index contributed by atoms with van der Waals surface area (Å²) in [7, 11) is 3.04. The van der Waals surface area contributed by atoms with Crippen LogP contribution >= 0.6 is 0 Å². The Balaban J connectivity index is 0.00000261. The molecule has 0 fully saturated rings. The third-order valence-corrected chi connectivity index (χ3v) is 3.63. The number of nitrogens with one attached hydrogen (secondary N) is 1. The monoisotopic (exact) mass is 357 g/mol. The minimum absolute atomic E-state index is 0. The molecule has 0 aliphatic carbocycles. The van der Waals surface area contributed by atoms with Gasteiger partial charge in [0.2, 0.25) is 0 Å². The first-order valence-corrected chi connectivity index (χ1v) is 7.68. The standard InChI is InChI=1S/C18H17N5O3.3H2/c1-25-12-5-6-15(26-2)13(8-12)23-18(24)16-17(19)21-10-14(22-16)11-4-3-7-20-9-11;;;/h3-10H,1-2H3,(H2,19,21)(H,23,24);3*1H. The molecule has 1 amide bonds. The molecule has 0 unspecified atom stereocenters. The fraction of sp³-hybridized carbons (Fsp3) is 0.111. The van der Waals surface area contributed by atoms with Crippen molar-refractivity contribution >= 4 is 17.4 Å². The van der Waals surface area contributed by atoms with Crippen LogP contribution in [0.1, 0.15) is 14.8 Å². The number of nitrogen functional groups attached to an aromatic ring is 1. The van der Waals surface area contributed by atoms with E-state index in [0.29, 0.717) is 22.9 Å². The van der Waals surface area contributed by atoms with Crippen LogP contribution in [0, 0.1) is 0 Å². The van der Waals surface area contributed by atoms with Gasteiger partial charge in [-0.2, -0.15) is 0 Å². The molecular weight excluding hydrogens is 334 g/mol. The Bertz CT molecular complexity index is 945. The molecule has 0 aliphatic heterocycles. The molecular formula is C18H23N5O3. The summed E-state index contributed by atoms with van der Waals surface area (Å²) in [6.07, 6.45) is 4.78. The Morgan fingerprint density at radius 2 is 2.04 bits per heavy atom. The molecule has 8 heteroatoms. The van der Waals surface area contributed by atoms with E-state index in [1.807, 2.05) is 6.07 Å². The fourth-order valence-corrected chi connectivity index (χ4v) is 2.31. The SMILES string of the molecule is COc1ccc(OC)c(NC(=O)c2nc(-c3cccnc3)cnc2N)c1.[HH].[HH].[HH]. The molecule has 0 atom stereocenters. The minimum atomic E-state index is -0.507. The smallest absolute Gasteiger partial charge is 0.278 e. The highest BCUT2D eigenvalue weighted by Crippen LogP contribution is 2.29. The van der Waals surface area contributed by atoms with Crippen molar-refractivity contribution in [2.24, 2.45) is 0 Å². The predicted octanol–water partition coefficient (Wildman–Crippen LogP) is 3.13. The van der Waals surface area contributed by atoms with Crippen molar-refractivity contribution in [2.75, 3.05) is 25.3 Å². The molecule has 3 rings (SSSR count). The van der Waals surface area contributed by atoms with Gasteiger partial charge in [0, 0.05) is 28.3 Å². The normalized spacial score (nSPS) is 10.2. The Morgan fingerprint density at radius 1 is 1.19 bits per heavy atom. The van der Waals surface area contributed by atoms with Crippen molar-refractivity contribution in [1.29, 1.82) is 0 Å². The van der Waals surface area contributed by atoms with Gasteiger partial charge < -0.3 is 20.5 Å². The number of pyridine rings is 1. The summed E-state index contributed by atoms with van der Waals surface area (Å²) in [6.45, 7) is 0. The number of nitrogens with two attached hydrogens (primary N) is 1. The van der Waals surface area contributed by atoms with Gasteiger partial charge in [0.15, 0.2) is 11.5 Å². The molecule has 1 aromatic carbocycles. The lowest BCUT2D eigenvalue weighted by atomic mass is 10.2. The maximum atomic E-state index is 12.7. The zero-order valence-electron chi connectivity index (χ0n) is 14.3. The quantitative estimate of drug-likeness (QED) is 0.721. The summed E-state index contributed by atoms with van der Waals surface area (Å²) < 4.78 is 10.4. The molecule has 8 nitrogen and oxygen atoms in total. The number of carbonyl (C=O) groups excluding carboxylic acids is 1. The molecule has 0 saturated carbocycles. The van der Waals surface area contributed by atoms with Gasteiger partial charge in [-0.25, -0.2) is 9.97 Å². The van der Waals surface area contributed by atoms with Crippen molar-refractivity contribution in [3.05, 3.63) is 54.6 Å². The van der Waals surface area contributed by atoms with E-state index in [4.69, 9.17) is 15.2 Å². The number of rotatable bonds is 5. The van der Waals surface area contributed by atoms with E-state index in [2.05, 4.69) is 20.3 Å². The highest BCUT2D eigenvalue weighted by molar-refractivity contribution is 6.06. The summed E-state index contributed by atoms with van der Waals surface area (Å²) in [5.74, 6) is 0.572. The van der Waals surface area contributed by atoms with Crippen LogP contribution < -0.4 is 20.5 Å². The van der Waals surface area contributed by atoms with Gasteiger partial charge >= 0.3 is 0 Å². The second kappa shape index (κ2) is 7.47. The number of hydrogen-bond acceptors (Lipinski definition) is 7. The molecule has 0 radical (unpaired) electrons. The van der Waals surface area contributed by atoms with Gasteiger partial charge in [-0.15, -0.1) is 0 Å². The third kappa shape index (κ3) is 3.54. The molecule has 138 valence electrons. The summed E-state index contributed by atoms with van der Waals surface area (Å²) in [5.41, 5.74) is 7.51. The predicted molar refractivity (Wildman–Crippen MR) is 104 cm³/mol. The van der Waals surface area contributed by atoms with E-state index in [1.54, 1.807) is 36.7 Å². The van der Waals surface area contributed by atoms with E-state index in [0.717, 1.165) is 5.56 Å². The number of methoxy groups -OCH3 is 2. The van der Waals surface area contributed by atoms with Crippen molar-refractivity contribution < 1.29 is 18.5 Å². The van der Waals surface area contributed by atoms with Crippen LogP contribution in [0.25, 0.3) is 11.3 Å². The van der Waals surface area contributed by atoms with Crippen LogP contribution in [0.3, 0.4) is 0 Å². The van der Waals surface area contributed by atoms with Gasteiger partial charge in [-0.3, -0.25) is 9.78 Å². The number of hydrogen-bond donors (Lipinski definition) is 2. The maximum absolute atomic E-state index is 12.7. The van der Waals surface area contributed by atoms with Crippen LogP contribution in [0.5, 0.6) is 11.5 Å². The van der Waals surface area contributed by atoms with Gasteiger partial charge in [0.1, 0.15) is 11.5 Å². The number of ether oxygens (including phenoxy) is 2. The van der Waals surface area contributed by atoms with Crippen molar-refractivity contribution in [2.45, 2.75) is 0 Å². The molecule has 2 aromatic heterocycles. The van der Waals surface area contributed by atoms with E-state index < -0.39 is 5.91 Å². The highest BCUT2D eigenvalue weighted by atomic mass is 16.5. The van der Waals surface area contributed by atoms with E-state index in [-0.39, 0.29) is 15.8 Å². The summed E-state index contributed by atoms with van der Waals surface area (Å²) >= 11 is 0. The van der Waals surface area contributed by atoms with Gasteiger partial charge in [-0.1, -0.05) is 0 Å². The number of aromatic nitrogens is 3. The summed E-state index contributed by atoms with van der Waals surface area (Å²) in [5, 5.41) is 2.73. The average Bonchev–Trinajstić information content (AvgIpc) is 2.68. The number of nitrogens with zero attached hydrogens (tertiary/aromatic N) is 3. The number of amides is 1. The van der Waals surface area contributed by atoms with Crippen LogP contribution in [0.15, 0.2) is 48.9 Å². The second-order valence-electron chi connectivity index (χ2n) is 5.25. The van der Waals surface area contributed by atoms with Crippen LogP contribution in [0.2, 0.25) is 0 Å². The second-order valence-corrected chi connectivity index (χ2v) is 5.25. The topological polar surface area (TPSA) is 112 Å². The summed E-state index contributed by atoms with van der Waals surface area (Å²) in [4.78, 5) is 25.1. The van der Waals surface area contributed by atoms with E-state index in [1.165, 1.54) is 20.4 Å². The average molecular weight is 357 g/mol. The Labute approximate surface area is 154 Å². The molecule has 0 aliphatic rings. The largest absolute Gasteiger partial charge is 0.497 e. The lowest BCUT2D eigenvalue weighted by Crippen LogP contribution is -2.17. The fourth-order valence-electron chi connectivity index (χ4n) is 2.31. The number of anilines is 2. The van der Waals surface area contributed by atoms with Gasteiger partial charge in [-0.05, 0) is 24.3 Å². The van der Waals surface area contributed by atoms with Crippen molar-refractivity contribution in [1.82, 2.24) is 15.0 Å². The zero-order valence-corrected chi connectivity index (χ0v) is 14.3. The Hall–Kier alpha value is -3.68. The molecule has 0 saturated heterocycles. The van der Waals surface area contributed by atoms with Gasteiger partial charge in [0.05, 0.1) is 31.8 Å². The van der Waals surface area contributed by atoms with Crippen molar-refractivity contribution in [3.8, 4) is 22.8 Å². The van der Waals surface area contributed by atoms with Crippen molar-refractivity contribution in [3.63, 3.8) is 0 Å². The molecule has 3 aromatic rings. The third-order valence-electron chi connectivity index (χ3n) is 3.63. The molecule has 0 bridgehead atoms. The van der Waals surface area contributed by atoms with Crippen LogP contribution in [0.4, 0.5) is 11.5 Å². The summed E-state index contributed by atoms with van der Waals surface area (Å²) in [6, 6.07) is 8.65. The Kier molecular flexibility index (Phi) is 4.93. The first-order chi connectivity index (χ1) is 12.6. The minimum Gasteiger partial charge on any atom is -0.497 e. The van der Waals surface area contributed by atoms with Gasteiger partial charge in [0.25, 0.3) is 5.91 Å². The van der Waals surface area contributed by atoms with Crippen LogP contribution in [-0.4, -0.2) is 35.1 Å². The molecule has 2 heterocycles. The lowest BCUT2D eigenvalue weighted by Gasteiger charge is -2.12. The maximum Gasteiger partial charge on any atom is 0.278 e. The molecule has 0 spiro atoms. The van der Waals surface area contributed by atoms with Crippen LogP contribution in [-0.2, 0) is 0 Å². The van der Waals surface area contributed by atoms with E-state index in [9.17, 15) is 4.79 Å². The first kappa shape index (κ1) is 17.2. The lowest BCUT2D eigenvalue weighted by molar-refractivity contribution is 0.102. The first-order valence-electron chi connectivity index (χ1n) is 7.68. The highest BCUT2D eigenvalue weighted by Gasteiger charge is 2.17. The van der Waals surface area contributed by atoms with E-state index >= 15 is 0 Å². The number of benzene rings is 1. The Morgan fingerprint density at radius 3 is 2.73 bits per heavy atom. The zero-order chi connectivity index (χ0) is 18.5. The molecule has 3 N–H and O–H groups in total. The number of carbonyl (C=O) groups is 1.